The summed E-state index contributed by atoms with van der Waals surface area (Å²) < 4.78 is 5.56. The molecule has 6 heteroatoms. The molecule has 140 valence electrons. The van der Waals surface area contributed by atoms with E-state index < -0.39 is 11.6 Å². The van der Waals surface area contributed by atoms with E-state index in [9.17, 15) is 9.59 Å². The van der Waals surface area contributed by atoms with E-state index in [1.165, 1.54) is 6.42 Å². The Morgan fingerprint density at radius 3 is 2.58 bits per heavy atom. The summed E-state index contributed by atoms with van der Waals surface area (Å²) in [7, 11) is 0. The second-order valence-electron chi connectivity index (χ2n) is 8.06. The third-order valence-electron chi connectivity index (χ3n) is 4.64. The molecule has 1 aliphatic rings. The van der Waals surface area contributed by atoms with E-state index in [-0.39, 0.29) is 11.7 Å². The molecule has 0 bridgehead atoms. The molecule has 1 aromatic heterocycles. The van der Waals surface area contributed by atoms with Crippen molar-refractivity contribution >= 4 is 23.0 Å². The average molecular weight is 358 g/mol. The highest BCUT2D eigenvalue weighted by Gasteiger charge is 2.27. The van der Waals surface area contributed by atoms with E-state index in [2.05, 4.69) is 4.98 Å². The van der Waals surface area contributed by atoms with Gasteiger partial charge in [-0.2, -0.15) is 0 Å². The van der Waals surface area contributed by atoms with Gasteiger partial charge in [0.1, 0.15) is 5.60 Å². The zero-order valence-corrected chi connectivity index (χ0v) is 15.5. The maximum absolute atomic E-state index is 12.6. The Labute approximate surface area is 153 Å². The molecule has 6 nitrogen and oxygen atoms in total. The Balaban J connectivity index is 1.79. The molecular weight excluding hydrogens is 332 g/mol. The lowest BCUT2D eigenvalue weighted by molar-refractivity contribution is 0.0170. The standard InChI is InChI=1S/C20H26N2O4/c1-20(2,3)26-19(25)22(11-13-5-4-6-13)12-16-9-14-7-8-15(18(23)24)10-17(14)21-16/h7-10,13,21H,4-6,11-12H2,1-3H3,(H,23,24). The first-order chi connectivity index (χ1) is 12.2. The predicted molar refractivity (Wildman–Crippen MR) is 99.2 cm³/mol. The molecule has 1 fully saturated rings. The molecule has 0 atom stereocenters. The fraction of sp³-hybridized carbons (Fsp3) is 0.500. The van der Waals surface area contributed by atoms with Gasteiger partial charge in [0.15, 0.2) is 0 Å². The molecule has 1 aromatic carbocycles. The summed E-state index contributed by atoms with van der Waals surface area (Å²) in [6, 6.07) is 6.94. The molecule has 0 spiro atoms. The van der Waals surface area contributed by atoms with E-state index in [0.29, 0.717) is 19.0 Å². The van der Waals surface area contributed by atoms with Crippen LogP contribution in [0.5, 0.6) is 0 Å². The number of rotatable bonds is 5. The number of H-pyrrole nitrogens is 1. The van der Waals surface area contributed by atoms with Gasteiger partial charge in [-0.25, -0.2) is 9.59 Å². The normalized spacial score (nSPS) is 14.9. The maximum atomic E-state index is 12.6. The quantitative estimate of drug-likeness (QED) is 0.830. The molecule has 1 heterocycles. The van der Waals surface area contributed by atoms with Crippen LogP contribution < -0.4 is 0 Å². The van der Waals surface area contributed by atoms with Gasteiger partial charge >= 0.3 is 12.1 Å². The molecule has 1 saturated carbocycles. The molecule has 2 N–H and O–H groups in total. The number of amides is 1. The molecule has 0 unspecified atom stereocenters. The van der Waals surface area contributed by atoms with Crippen LogP contribution in [0.25, 0.3) is 10.9 Å². The smallest absolute Gasteiger partial charge is 0.410 e. The van der Waals surface area contributed by atoms with Gasteiger partial charge < -0.3 is 19.7 Å². The summed E-state index contributed by atoms with van der Waals surface area (Å²) in [6.45, 7) is 6.70. The molecule has 1 aliphatic carbocycles. The summed E-state index contributed by atoms with van der Waals surface area (Å²) in [5.74, 6) is -0.422. The first-order valence-electron chi connectivity index (χ1n) is 9.04. The number of aromatic carboxylic acids is 1. The number of aromatic amines is 1. The van der Waals surface area contributed by atoms with Crippen LogP contribution in [0.15, 0.2) is 24.3 Å². The number of benzene rings is 1. The lowest BCUT2D eigenvalue weighted by Gasteiger charge is -2.33. The zero-order valence-electron chi connectivity index (χ0n) is 15.5. The number of nitrogens with one attached hydrogen (secondary N) is 1. The van der Waals surface area contributed by atoms with Crippen molar-refractivity contribution in [2.75, 3.05) is 6.54 Å². The second kappa shape index (κ2) is 7.02. The van der Waals surface area contributed by atoms with Gasteiger partial charge in [-0.15, -0.1) is 0 Å². The van der Waals surface area contributed by atoms with Crippen molar-refractivity contribution in [2.45, 2.75) is 52.2 Å². The predicted octanol–water partition coefficient (Wildman–Crippen LogP) is 4.40. The van der Waals surface area contributed by atoms with Crippen LogP contribution in [0.1, 0.15) is 56.1 Å². The molecule has 0 aliphatic heterocycles. The minimum absolute atomic E-state index is 0.240. The molecule has 26 heavy (non-hydrogen) atoms. The molecule has 2 aromatic rings. The van der Waals surface area contributed by atoms with Crippen molar-refractivity contribution in [1.82, 2.24) is 9.88 Å². The first-order valence-corrected chi connectivity index (χ1v) is 9.04. The van der Waals surface area contributed by atoms with Crippen LogP contribution in [0, 0.1) is 5.92 Å². The minimum atomic E-state index is -0.955. The lowest BCUT2D eigenvalue weighted by atomic mass is 9.85. The van der Waals surface area contributed by atoms with Gasteiger partial charge in [-0.3, -0.25) is 0 Å². The summed E-state index contributed by atoms with van der Waals surface area (Å²) in [6.07, 6.45) is 3.20. The molecule has 1 amide bonds. The van der Waals surface area contributed by atoms with Crippen molar-refractivity contribution in [3.8, 4) is 0 Å². The van der Waals surface area contributed by atoms with Crippen LogP contribution in [-0.4, -0.2) is 39.2 Å². The van der Waals surface area contributed by atoms with E-state index in [0.717, 1.165) is 29.4 Å². The fourth-order valence-corrected chi connectivity index (χ4v) is 3.13. The van der Waals surface area contributed by atoms with Crippen LogP contribution in [0.2, 0.25) is 0 Å². The zero-order chi connectivity index (χ0) is 18.9. The molecule has 3 rings (SSSR count). The third kappa shape index (κ3) is 4.36. The Bertz CT molecular complexity index is 815. The number of carbonyl (C=O) groups is 2. The van der Waals surface area contributed by atoms with Gasteiger partial charge in [-0.1, -0.05) is 12.5 Å². The summed E-state index contributed by atoms with van der Waals surface area (Å²) >= 11 is 0. The number of ether oxygens (including phenoxy) is 1. The van der Waals surface area contributed by atoms with Crippen LogP contribution in [0.4, 0.5) is 4.79 Å². The summed E-state index contributed by atoms with van der Waals surface area (Å²) in [4.78, 5) is 28.7. The second-order valence-corrected chi connectivity index (χ2v) is 8.06. The average Bonchev–Trinajstić information content (AvgIpc) is 2.88. The monoisotopic (exact) mass is 358 g/mol. The van der Waals surface area contributed by atoms with Crippen molar-refractivity contribution in [2.24, 2.45) is 5.92 Å². The SMILES string of the molecule is CC(C)(C)OC(=O)N(Cc1cc2ccc(C(=O)O)cc2[nH]1)CC1CCC1. The van der Waals surface area contributed by atoms with Gasteiger partial charge in [0.2, 0.25) is 0 Å². The van der Waals surface area contributed by atoms with Gasteiger partial charge in [0.25, 0.3) is 0 Å². The first kappa shape index (κ1) is 18.3. The fourth-order valence-electron chi connectivity index (χ4n) is 3.13. The largest absolute Gasteiger partial charge is 0.478 e. The van der Waals surface area contributed by atoms with Crippen molar-refractivity contribution in [3.63, 3.8) is 0 Å². The Kier molecular flexibility index (Phi) is 4.94. The Morgan fingerprint density at radius 2 is 2.00 bits per heavy atom. The number of carbonyl (C=O) groups excluding carboxylic acids is 1. The van der Waals surface area contributed by atoms with Crippen LogP contribution in [0.3, 0.4) is 0 Å². The third-order valence-corrected chi connectivity index (χ3v) is 4.64. The highest BCUT2D eigenvalue weighted by molar-refractivity contribution is 5.93. The number of carboxylic acids is 1. The number of carboxylic acid groups (broad SMARTS) is 1. The number of aromatic nitrogens is 1. The number of hydrogen-bond acceptors (Lipinski definition) is 3. The number of fused-ring (bicyclic) bond motifs is 1. The molecule has 0 radical (unpaired) electrons. The maximum Gasteiger partial charge on any atom is 0.410 e. The highest BCUT2D eigenvalue weighted by Crippen LogP contribution is 2.28. The molecule has 0 saturated heterocycles. The summed E-state index contributed by atoms with van der Waals surface area (Å²) in [5.41, 5.74) is 1.33. The minimum Gasteiger partial charge on any atom is -0.478 e. The van der Waals surface area contributed by atoms with Crippen molar-refractivity contribution in [3.05, 3.63) is 35.5 Å². The van der Waals surface area contributed by atoms with E-state index >= 15 is 0 Å². The van der Waals surface area contributed by atoms with Gasteiger partial charge in [0.05, 0.1) is 12.1 Å². The van der Waals surface area contributed by atoms with Gasteiger partial charge in [-0.05, 0) is 63.1 Å². The highest BCUT2D eigenvalue weighted by atomic mass is 16.6. The van der Waals surface area contributed by atoms with Gasteiger partial charge in [0, 0.05) is 17.8 Å². The Hall–Kier alpha value is -2.50. The lowest BCUT2D eigenvalue weighted by Crippen LogP contribution is -2.40. The van der Waals surface area contributed by atoms with Crippen molar-refractivity contribution in [1.29, 1.82) is 0 Å². The summed E-state index contributed by atoms with van der Waals surface area (Å²) in [5, 5.41) is 10.1. The van der Waals surface area contributed by atoms with E-state index in [1.807, 2.05) is 26.8 Å². The van der Waals surface area contributed by atoms with E-state index in [1.54, 1.807) is 23.1 Å². The van der Waals surface area contributed by atoms with E-state index in [4.69, 9.17) is 9.84 Å². The molecular formula is C20H26N2O4. The van der Waals surface area contributed by atoms with Crippen LogP contribution in [-0.2, 0) is 11.3 Å². The Morgan fingerprint density at radius 1 is 1.27 bits per heavy atom. The number of hydrogen-bond donors (Lipinski definition) is 2. The number of nitrogens with zero attached hydrogens (tertiary/aromatic N) is 1. The van der Waals surface area contributed by atoms with Crippen molar-refractivity contribution < 1.29 is 19.4 Å². The van der Waals surface area contributed by atoms with Crippen LogP contribution >= 0.6 is 0 Å². The topological polar surface area (TPSA) is 82.6 Å².